The molecule has 3 aromatic rings. The molecule has 1 aromatic heterocycles. The summed E-state index contributed by atoms with van der Waals surface area (Å²) in [5.41, 5.74) is 3.69. The number of imidazole rings is 1. The Morgan fingerprint density at radius 3 is 2.90 bits per heavy atom. The number of ether oxygens (including phenoxy) is 1. The number of allylic oxidation sites excluding steroid dienone is 1. The van der Waals surface area contributed by atoms with Gasteiger partial charge in [-0.15, -0.1) is 6.58 Å². The first-order valence-electron chi connectivity index (χ1n) is 10.6. The predicted molar refractivity (Wildman–Crippen MR) is 124 cm³/mol. The Balaban J connectivity index is 1.74. The van der Waals surface area contributed by atoms with E-state index in [9.17, 15) is 4.79 Å². The Bertz CT molecular complexity index is 1130. The van der Waals surface area contributed by atoms with Gasteiger partial charge in [-0.05, 0) is 61.4 Å². The van der Waals surface area contributed by atoms with Crippen molar-refractivity contribution in [2.24, 2.45) is 5.92 Å². The lowest BCUT2D eigenvalue weighted by Crippen LogP contribution is -2.15. The molecule has 4 rings (SSSR count). The van der Waals surface area contributed by atoms with Crippen LogP contribution in [0.1, 0.15) is 46.3 Å². The minimum atomic E-state index is -0.428. The van der Waals surface area contributed by atoms with E-state index in [1.165, 1.54) is 0 Å². The zero-order valence-corrected chi connectivity index (χ0v) is 19.3. The molecule has 0 spiro atoms. The molecule has 2 aromatic carbocycles. The molecule has 1 fully saturated rings. The highest BCUT2D eigenvalue weighted by Crippen LogP contribution is 2.30. The van der Waals surface area contributed by atoms with E-state index in [0.29, 0.717) is 47.7 Å². The summed E-state index contributed by atoms with van der Waals surface area (Å²) in [6.45, 7) is 6.93. The number of benzene rings is 2. The third-order valence-electron chi connectivity index (χ3n) is 5.79. The molecule has 0 aliphatic heterocycles. The van der Waals surface area contributed by atoms with Crippen LogP contribution < -0.4 is 0 Å². The van der Waals surface area contributed by atoms with E-state index in [1.807, 2.05) is 35.8 Å². The maximum atomic E-state index is 15.7. The quantitative estimate of drug-likeness (QED) is 0.261. The molecule has 162 valence electrons. The first kappa shape index (κ1) is 21.9. The maximum Gasteiger partial charge on any atom is 0.188 e. The normalized spacial score (nSPS) is 13.6. The molecule has 1 heterocycles. The SMILES string of the molecule is C=CCCn1cnc2c(F)c(Cc3ccc(Br)cc3C)c(C(=O)COCC3CC3)cc21. The van der Waals surface area contributed by atoms with Crippen LogP contribution in [0.4, 0.5) is 4.39 Å². The summed E-state index contributed by atoms with van der Waals surface area (Å²) in [6, 6.07) is 7.67. The van der Waals surface area contributed by atoms with Gasteiger partial charge in [-0.25, -0.2) is 9.37 Å². The largest absolute Gasteiger partial charge is 0.373 e. The fraction of sp³-hybridized carbons (Fsp3) is 0.360. The summed E-state index contributed by atoms with van der Waals surface area (Å²) < 4.78 is 24.2. The van der Waals surface area contributed by atoms with E-state index >= 15 is 4.39 Å². The van der Waals surface area contributed by atoms with Gasteiger partial charge >= 0.3 is 0 Å². The van der Waals surface area contributed by atoms with Crippen LogP contribution in [0, 0.1) is 18.7 Å². The van der Waals surface area contributed by atoms with Crippen molar-refractivity contribution in [3.05, 3.63) is 75.8 Å². The summed E-state index contributed by atoms with van der Waals surface area (Å²) in [5.74, 6) is -0.0531. The van der Waals surface area contributed by atoms with Crippen LogP contribution in [-0.2, 0) is 17.7 Å². The van der Waals surface area contributed by atoms with Gasteiger partial charge in [-0.3, -0.25) is 4.79 Å². The molecule has 1 aliphatic rings. The number of Topliss-reactive ketones (excluding diaryl/α,β-unsaturated/α-hetero) is 1. The van der Waals surface area contributed by atoms with E-state index in [1.54, 1.807) is 12.4 Å². The zero-order chi connectivity index (χ0) is 22.0. The van der Waals surface area contributed by atoms with E-state index in [2.05, 4.69) is 27.5 Å². The van der Waals surface area contributed by atoms with Crippen LogP contribution in [0.5, 0.6) is 0 Å². The average Bonchev–Trinajstić information content (AvgIpc) is 3.48. The summed E-state index contributed by atoms with van der Waals surface area (Å²) in [6.07, 6.45) is 6.82. The van der Waals surface area contributed by atoms with Gasteiger partial charge in [0.25, 0.3) is 0 Å². The number of hydrogen-bond donors (Lipinski definition) is 0. The summed E-state index contributed by atoms with van der Waals surface area (Å²) in [7, 11) is 0. The van der Waals surface area contributed by atoms with Crippen LogP contribution in [0.25, 0.3) is 11.0 Å². The van der Waals surface area contributed by atoms with Gasteiger partial charge in [0.1, 0.15) is 12.1 Å². The van der Waals surface area contributed by atoms with Crippen molar-refractivity contribution in [3.63, 3.8) is 0 Å². The highest BCUT2D eigenvalue weighted by atomic mass is 79.9. The molecule has 0 N–H and O–H groups in total. The standard InChI is InChI=1S/C25H26BrFN2O2/c1-3-4-9-29-15-28-25-22(29)12-20(23(30)14-31-13-17-5-6-17)21(24(25)27)11-18-7-8-19(26)10-16(18)2/h3,7-8,10,12,15,17H,1,4-6,9,11,13-14H2,2H3. The van der Waals surface area contributed by atoms with Crippen LogP contribution >= 0.6 is 15.9 Å². The lowest BCUT2D eigenvalue weighted by atomic mass is 9.94. The summed E-state index contributed by atoms with van der Waals surface area (Å²) in [4.78, 5) is 17.4. The lowest BCUT2D eigenvalue weighted by molar-refractivity contribution is 0.0738. The van der Waals surface area contributed by atoms with Crippen molar-refractivity contribution in [2.45, 2.75) is 39.2 Å². The minimum Gasteiger partial charge on any atom is -0.373 e. The van der Waals surface area contributed by atoms with Crippen molar-refractivity contribution in [3.8, 4) is 0 Å². The monoisotopic (exact) mass is 484 g/mol. The van der Waals surface area contributed by atoms with E-state index < -0.39 is 5.82 Å². The number of nitrogens with zero attached hydrogens (tertiary/aromatic N) is 2. The Morgan fingerprint density at radius 1 is 1.39 bits per heavy atom. The van der Waals surface area contributed by atoms with Crippen LogP contribution in [-0.4, -0.2) is 28.5 Å². The van der Waals surface area contributed by atoms with Crippen molar-refractivity contribution < 1.29 is 13.9 Å². The maximum absolute atomic E-state index is 15.7. The fourth-order valence-corrected chi connectivity index (χ4v) is 4.23. The molecule has 0 unspecified atom stereocenters. The molecule has 0 atom stereocenters. The van der Waals surface area contributed by atoms with Crippen molar-refractivity contribution >= 4 is 32.7 Å². The molecule has 0 radical (unpaired) electrons. The van der Waals surface area contributed by atoms with Crippen molar-refractivity contribution in [2.75, 3.05) is 13.2 Å². The molecule has 0 bridgehead atoms. The Labute approximate surface area is 190 Å². The first-order valence-corrected chi connectivity index (χ1v) is 11.4. The van der Waals surface area contributed by atoms with Crippen LogP contribution in [0.2, 0.25) is 0 Å². The third-order valence-corrected chi connectivity index (χ3v) is 6.28. The second-order valence-electron chi connectivity index (χ2n) is 8.23. The number of aryl methyl sites for hydroxylation is 2. The van der Waals surface area contributed by atoms with Crippen molar-refractivity contribution in [1.29, 1.82) is 0 Å². The van der Waals surface area contributed by atoms with Gasteiger partial charge in [0, 0.05) is 28.6 Å². The molecule has 1 aliphatic carbocycles. The van der Waals surface area contributed by atoms with Gasteiger partial charge in [-0.2, -0.15) is 0 Å². The van der Waals surface area contributed by atoms with Crippen LogP contribution in [0.15, 0.2) is 47.7 Å². The van der Waals surface area contributed by atoms with Gasteiger partial charge in [0.05, 0.1) is 18.5 Å². The molecular weight excluding hydrogens is 459 g/mol. The molecule has 0 amide bonds. The number of halogens is 2. The highest BCUT2D eigenvalue weighted by molar-refractivity contribution is 9.10. The molecule has 31 heavy (non-hydrogen) atoms. The smallest absolute Gasteiger partial charge is 0.188 e. The highest BCUT2D eigenvalue weighted by Gasteiger charge is 2.24. The van der Waals surface area contributed by atoms with Crippen molar-refractivity contribution in [1.82, 2.24) is 9.55 Å². The van der Waals surface area contributed by atoms with Gasteiger partial charge in [0.15, 0.2) is 11.6 Å². The minimum absolute atomic E-state index is 0.0332. The predicted octanol–water partition coefficient (Wildman–Crippen LogP) is 6.02. The summed E-state index contributed by atoms with van der Waals surface area (Å²) in [5, 5.41) is 0. The second kappa shape index (κ2) is 9.45. The molecule has 0 saturated heterocycles. The third kappa shape index (κ3) is 4.96. The molecule has 4 nitrogen and oxygen atoms in total. The number of fused-ring (bicyclic) bond motifs is 1. The number of hydrogen-bond acceptors (Lipinski definition) is 3. The Morgan fingerprint density at radius 2 is 2.19 bits per heavy atom. The number of aromatic nitrogens is 2. The van der Waals surface area contributed by atoms with E-state index in [0.717, 1.165) is 34.9 Å². The van der Waals surface area contributed by atoms with E-state index in [4.69, 9.17) is 4.74 Å². The van der Waals surface area contributed by atoms with Gasteiger partial charge < -0.3 is 9.30 Å². The first-order chi connectivity index (χ1) is 15.0. The lowest BCUT2D eigenvalue weighted by Gasteiger charge is -2.14. The topological polar surface area (TPSA) is 44.1 Å². The number of carbonyl (C=O) groups is 1. The van der Waals surface area contributed by atoms with Gasteiger partial charge in [-0.1, -0.05) is 28.1 Å². The number of ketones is 1. The Hall–Kier alpha value is -2.31. The van der Waals surface area contributed by atoms with Gasteiger partial charge in [0.2, 0.25) is 0 Å². The molecular formula is C25H26BrFN2O2. The Kier molecular flexibility index (Phi) is 6.68. The molecule has 1 saturated carbocycles. The zero-order valence-electron chi connectivity index (χ0n) is 17.7. The second-order valence-corrected chi connectivity index (χ2v) is 9.14. The summed E-state index contributed by atoms with van der Waals surface area (Å²) >= 11 is 3.47. The molecule has 6 heteroatoms. The van der Waals surface area contributed by atoms with Crippen LogP contribution in [0.3, 0.4) is 0 Å². The average molecular weight is 485 g/mol. The fourth-order valence-electron chi connectivity index (χ4n) is 3.76. The number of rotatable bonds is 10. The van der Waals surface area contributed by atoms with E-state index in [-0.39, 0.29) is 12.4 Å². The number of carbonyl (C=O) groups excluding carboxylic acids is 1.